The number of halogens is 1. The standard InChI is InChI=1S/C19H18BrNO4/c20-15-8-6-14(7-9-15)16-11-21(10-13-4-2-1-3-5-13)12-19(16,17(22)23)18(24)25/h1-9,16H,10-12H2,(H,22,23)(H,24,25). The van der Waals surface area contributed by atoms with Crippen LogP contribution >= 0.6 is 15.9 Å². The summed E-state index contributed by atoms with van der Waals surface area (Å²) in [7, 11) is 0. The number of rotatable bonds is 5. The highest BCUT2D eigenvalue weighted by molar-refractivity contribution is 9.10. The fourth-order valence-electron chi connectivity index (χ4n) is 3.51. The number of carboxylic acid groups (broad SMARTS) is 2. The predicted octanol–water partition coefficient (Wildman–Crippen LogP) is 3.20. The normalized spacial score (nSPS) is 19.6. The van der Waals surface area contributed by atoms with E-state index in [9.17, 15) is 19.8 Å². The van der Waals surface area contributed by atoms with Crippen molar-refractivity contribution in [2.45, 2.75) is 12.5 Å². The van der Waals surface area contributed by atoms with E-state index in [0.717, 1.165) is 15.6 Å². The first-order chi connectivity index (χ1) is 11.9. The minimum atomic E-state index is -1.84. The van der Waals surface area contributed by atoms with Crippen molar-refractivity contribution in [3.8, 4) is 0 Å². The molecular formula is C19H18BrNO4. The van der Waals surface area contributed by atoms with Crippen LogP contribution in [0.2, 0.25) is 0 Å². The van der Waals surface area contributed by atoms with Crippen LogP contribution in [-0.4, -0.2) is 40.1 Å². The molecule has 1 unspecified atom stereocenters. The van der Waals surface area contributed by atoms with Gasteiger partial charge in [-0.15, -0.1) is 0 Å². The predicted molar refractivity (Wildman–Crippen MR) is 96.3 cm³/mol. The number of benzene rings is 2. The summed E-state index contributed by atoms with van der Waals surface area (Å²) in [6.07, 6.45) is 0. The lowest BCUT2D eigenvalue weighted by Crippen LogP contribution is -2.45. The Balaban J connectivity index is 1.96. The molecule has 0 saturated carbocycles. The van der Waals surface area contributed by atoms with Gasteiger partial charge in [-0.1, -0.05) is 58.4 Å². The number of likely N-dealkylation sites (tertiary alicyclic amines) is 1. The van der Waals surface area contributed by atoms with E-state index in [0.29, 0.717) is 13.1 Å². The molecule has 2 aromatic carbocycles. The van der Waals surface area contributed by atoms with Gasteiger partial charge in [-0.05, 0) is 23.3 Å². The van der Waals surface area contributed by atoms with Crippen molar-refractivity contribution in [2.24, 2.45) is 5.41 Å². The second kappa shape index (κ2) is 6.98. The first-order valence-corrected chi connectivity index (χ1v) is 8.71. The minimum Gasteiger partial charge on any atom is -0.480 e. The maximum absolute atomic E-state index is 12.0. The van der Waals surface area contributed by atoms with Crippen LogP contribution in [0.5, 0.6) is 0 Å². The van der Waals surface area contributed by atoms with E-state index in [2.05, 4.69) is 15.9 Å². The van der Waals surface area contributed by atoms with Gasteiger partial charge in [0.25, 0.3) is 0 Å². The van der Waals surface area contributed by atoms with Crippen molar-refractivity contribution in [3.63, 3.8) is 0 Å². The zero-order chi connectivity index (χ0) is 18.0. The molecule has 0 aliphatic carbocycles. The fraction of sp³-hybridized carbons (Fsp3) is 0.263. The molecule has 1 saturated heterocycles. The molecule has 1 atom stereocenters. The van der Waals surface area contributed by atoms with Crippen LogP contribution < -0.4 is 0 Å². The summed E-state index contributed by atoms with van der Waals surface area (Å²) in [6.45, 7) is 0.887. The van der Waals surface area contributed by atoms with E-state index in [1.165, 1.54) is 0 Å². The van der Waals surface area contributed by atoms with Gasteiger partial charge in [0, 0.05) is 30.0 Å². The van der Waals surface area contributed by atoms with Crippen LogP contribution in [0.25, 0.3) is 0 Å². The molecule has 0 radical (unpaired) electrons. The van der Waals surface area contributed by atoms with Crippen LogP contribution in [0.4, 0.5) is 0 Å². The SMILES string of the molecule is O=C(O)C1(C(=O)O)CN(Cc2ccccc2)CC1c1ccc(Br)cc1. The Morgan fingerprint density at radius 1 is 1.04 bits per heavy atom. The number of aliphatic carboxylic acids is 2. The molecular weight excluding hydrogens is 386 g/mol. The van der Waals surface area contributed by atoms with Crippen LogP contribution in [-0.2, 0) is 16.1 Å². The largest absolute Gasteiger partial charge is 0.480 e. The summed E-state index contributed by atoms with van der Waals surface area (Å²) in [5.41, 5.74) is -0.0880. The highest BCUT2D eigenvalue weighted by Gasteiger charge is 2.58. The summed E-state index contributed by atoms with van der Waals surface area (Å²) in [5, 5.41) is 19.6. The van der Waals surface area contributed by atoms with Crippen molar-refractivity contribution >= 4 is 27.9 Å². The Bertz CT molecular complexity index is 762. The molecule has 1 heterocycles. The number of nitrogens with zero attached hydrogens (tertiary/aromatic N) is 1. The average Bonchev–Trinajstić information content (AvgIpc) is 2.97. The third-order valence-corrected chi connectivity index (χ3v) is 5.32. The number of carbonyl (C=O) groups is 2. The summed E-state index contributed by atoms with van der Waals surface area (Å²) in [5.74, 6) is -3.19. The third kappa shape index (κ3) is 3.32. The van der Waals surface area contributed by atoms with Crippen LogP contribution in [0.3, 0.4) is 0 Å². The van der Waals surface area contributed by atoms with Gasteiger partial charge in [-0.2, -0.15) is 0 Å². The third-order valence-electron chi connectivity index (χ3n) is 4.79. The quantitative estimate of drug-likeness (QED) is 0.749. The van der Waals surface area contributed by atoms with Gasteiger partial charge < -0.3 is 10.2 Å². The van der Waals surface area contributed by atoms with Gasteiger partial charge in [0.05, 0.1) is 0 Å². The van der Waals surface area contributed by atoms with Gasteiger partial charge in [0.2, 0.25) is 0 Å². The highest BCUT2D eigenvalue weighted by atomic mass is 79.9. The smallest absolute Gasteiger partial charge is 0.323 e. The van der Waals surface area contributed by atoms with Crippen molar-refractivity contribution in [3.05, 3.63) is 70.2 Å². The average molecular weight is 404 g/mol. The lowest BCUT2D eigenvalue weighted by molar-refractivity contribution is -0.164. The zero-order valence-electron chi connectivity index (χ0n) is 13.4. The maximum Gasteiger partial charge on any atom is 0.323 e. The molecule has 5 nitrogen and oxygen atoms in total. The molecule has 1 fully saturated rings. The molecule has 0 amide bonds. The van der Waals surface area contributed by atoms with Crippen LogP contribution in [0, 0.1) is 5.41 Å². The number of hydrogen-bond acceptors (Lipinski definition) is 3. The Kier molecular flexibility index (Phi) is 4.92. The van der Waals surface area contributed by atoms with Crippen LogP contribution in [0.1, 0.15) is 17.0 Å². The first-order valence-electron chi connectivity index (χ1n) is 7.92. The Labute approximate surface area is 154 Å². The van der Waals surface area contributed by atoms with Gasteiger partial charge >= 0.3 is 11.9 Å². The Morgan fingerprint density at radius 2 is 1.64 bits per heavy atom. The highest BCUT2D eigenvalue weighted by Crippen LogP contribution is 2.44. The lowest BCUT2D eigenvalue weighted by Gasteiger charge is -2.26. The van der Waals surface area contributed by atoms with Crippen molar-refractivity contribution in [2.75, 3.05) is 13.1 Å². The summed E-state index contributed by atoms with van der Waals surface area (Å²) in [4.78, 5) is 25.9. The van der Waals surface area contributed by atoms with Crippen molar-refractivity contribution < 1.29 is 19.8 Å². The van der Waals surface area contributed by atoms with Crippen molar-refractivity contribution in [1.29, 1.82) is 0 Å². The summed E-state index contributed by atoms with van der Waals surface area (Å²) < 4.78 is 0.867. The molecule has 2 N–H and O–H groups in total. The van der Waals surface area contributed by atoms with E-state index in [-0.39, 0.29) is 6.54 Å². The lowest BCUT2D eigenvalue weighted by atomic mass is 9.74. The molecule has 25 heavy (non-hydrogen) atoms. The molecule has 130 valence electrons. The van der Waals surface area contributed by atoms with E-state index in [1.54, 1.807) is 12.1 Å². The topological polar surface area (TPSA) is 77.8 Å². The van der Waals surface area contributed by atoms with E-state index >= 15 is 0 Å². The first kappa shape index (κ1) is 17.6. The Morgan fingerprint density at radius 3 is 2.20 bits per heavy atom. The second-order valence-electron chi connectivity index (χ2n) is 6.34. The van der Waals surface area contributed by atoms with E-state index < -0.39 is 23.3 Å². The van der Waals surface area contributed by atoms with Gasteiger partial charge in [-0.3, -0.25) is 14.5 Å². The van der Waals surface area contributed by atoms with Crippen LogP contribution in [0.15, 0.2) is 59.1 Å². The Hall–Kier alpha value is -2.18. The molecule has 1 aliphatic heterocycles. The molecule has 0 bridgehead atoms. The molecule has 6 heteroatoms. The van der Waals surface area contributed by atoms with Gasteiger partial charge in [0.1, 0.15) is 0 Å². The maximum atomic E-state index is 12.0. The molecule has 2 aromatic rings. The number of carboxylic acids is 2. The summed E-state index contributed by atoms with van der Waals surface area (Å²) >= 11 is 3.35. The molecule has 1 aliphatic rings. The van der Waals surface area contributed by atoms with Gasteiger partial charge in [-0.25, -0.2) is 0 Å². The minimum absolute atomic E-state index is 0.0205. The summed E-state index contributed by atoms with van der Waals surface area (Å²) in [6, 6.07) is 16.9. The van der Waals surface area contributed by atoms with E-state index in [1.807, 2.05) is 47.4 Å². The second-order valence-corrected chi connectivity index (χ2v) is 7.26. The monoisotopic (exact) mass is 403 g/mol. The van der Waals surface area contributed by atoms with Crippen molar-refractivity contribution in [1.82, 2.24) is 4.90 Å². The fourth-order valence-corrected chi connectivity index (χ4v) is 3.78. The molecule has 0 spiro atoms. The van der Waals surface area contributed by atoms with Gasteiger partial charge in [0.15, 0.2) is 5.41 Å². The van der Waals surface area contributed by atoms with E-state index in [4.69, 9.17) is 0 Å². The molecule has 3 rings (SSSR count). The zero-order valence-corrected chi connectivity index (χ0v) is 15.0. The number of hydrogen-bond donors (Lipinski definition) is 2. The molecule has 0 aromatic heterocycles.